The number of nitrogens with zero attached hydrogens (tertiary/aromatic N) is 1. The number of aryl methyl sites for hydroxylation is 1. The Morgan fingerprint density at radius 3 is 2.81 bits per heavy atom. The second kappa shape index (κ2) is 7.03. The molecule has 21 heavy (non-hydrogen) atoms. The fourth-order valence-corrected chi connectivity index (χ4v) is 2.35. The number of anilines is 2. The molecule has 7 nitrogen and oxygen atoms in total. The summed E-state index contributed by atoms with van der Waals surface area (Å²) in [5.41, 5.74) is 1.90. The number of carbonyl (C=O) groups is 1. The van der Waals surface area contributed by atoms with Gasteiger partial charge in [-0.1, -0.05) is 0 Å². The molecule has 1 amide bonds. The lowest BCUT2D eigenvalue weighted by Gasteiger charge is -2.18. The van der Waals surface area contributed by atoms with Crippen molar-refractivity contribution >= 4 is 23.0 Å². The van der Waals surface area contributed by atoms with Gasteiger partial charge in [0.15, 0.2) is 0 Å². The van der Waals surface area contributed by atoms with E-state index in [0.717, 1.165) is 24.8 Å². The van der Waals surface area contributed by atoms with Crippen LogP contribution in [0.5, 0.6) is 0 Å². The molecule has 0 aromatic heterocycles. The standard InChI is InChI=1S/C14H19N3O4/c18-7-3-1-2-6-15-12-8-10-4-5-14(19)16-11(10)9-13(12)17(20)21/h8-9,15,18H,1-7H2,(H,16,19). The highest BCUT2D eigenvalue weighted by molar-refractivity contribution is 5.95. The van der Waals surface area contributed by atoms with Crippen molar-refractivity contribution in [2.45, 2.75) is 32.1 Å². The molecular weight excluding hydrogens is 274 g/mol. The van der Waals surface area contributed by atoms with Gasteiger partial charge >= 0.3 is 0 Å². The molecule has 0 fully saturated rings. The van der Waals surface area contributed by atoms with Gasteiger partial charge in [0.25, 0.3) is 5.69 Å². The van der Waals surface area contributed by atoms with Crippen LogP contribution in [0, 0.1) is 10.1 Å². The smallest absolute Gasteiger partial charge is 0.294 e. The van der Waals surface area contributed by atoms with E-state index < -0.39 is 4.92 Å². The van der Waals surface area contributed by atoms with E-state index in [4.69, 9.17) is 5.11 Å². The molecule has 1 aromatic rings. The van der Waals surface area contributed by atoms with Crippen molar-refractivity contribution in [2.75, 3.05) is 23.8 Å². The maximum Gasteiger partial charge on any atom is 0.294 e. The Balaban J connectivity index is 2.12. The number of aliphatic hydroxyl groups excluding tert-OH is 1. The van der Waals surface area contributed by atoms with Crippen molar-refractivity contribution in [3.63, 3.8) is 0 Å². The van der Waals surface area contributed by atoms with Crippen LogP contribution < -0.4 is 10.6 Å². The van der Waals surface area contributed by atoms with Crippen LogP contribution >= 0.6 is 0 Å². The third-order valence-electron chi connectivity index (χ3n) is 3.46. The summed E-state index contributed by atoms with van der Waals surface area (Å²) in [6.45, 7) is 0.782. The molecule has 3 N–H and O–H groups in total. The molecule has 0 aliphatic carbocycles. The van der Waals surface area contributed by atoms with Crippen LogP contribution in [0.3, 0.4) is 0 Å². The van der Waals surface area contributed by atoms with Crippen molar-refractivity contribution in [1.82, 2.24) is 0 Å². The van der Waals surface area contributed by atoms with Crippen LogP contribution in [-0.4, -0.2) is 29.1 Å². The quantitative estimate of drug-likeness (QED) is 0.405. The molecule has 1 aliphatic rings. The summed E-state index contributed by atoms with van der Waals surface area (Å²) in [5, 5.41) is 25.6. The largest absolute Gasteiger partial charge is 0.396 e. The predicted octanol–water partition coefficient (Wildman–Crippen LogP) is 2.05. The number of aliphatic hydroxyl groups is 1. The van der Waals surface area contributed by atoms with E-state index in [1.165, 1.54) is 6.07 Å². The van der Waals surface area contributed by atoms with Gasteiger partial charge in [0.05, 0.1) is 10.6 Å². The number of hydrogen-bond acceptors (Lipinski definition) is 5. The minimum atomic E-state index is -0.447. The summed E-state index contributed by atoms with van der Waals surface area (Å²) in [5.74, 6) is -0.110. The zero-order valence-corrected chi connectivity index (χ0v) is 11.7. The first-order valence-corrected chi connectivity index (χ1v) is 7.07. The fourth-order valence-electron chi connectivity index (χ4n) is 2.35. The topological polar surface area (TPSA) is 104 Å². The van der Waals surface area contributed by atoms with E-state index in [-0.39, 0.29) is 18.2 Å². The summed E-state index contributed by atoms with van der Waals surface area (Å²) in [6, 6.07) is 3.17. The molecule has 0 saturated heterocycles. The molecule has 1 aliphatic heterocycles. The Bertz CT molecular complexity index is 545. The first-order chi connectivity index (χ1) is 10.1. The van der Waals surface area contributed by atoms with Gasteiger partial charge in [0.1, 0.15) is 5.69 Å². The van der Waals surface area contributed by atoms with Gasteiger partial charge in [-0.05, 0) is 37.3 Å². The van der Waals surface area contributed by atoms with Crippen LogP contribution in [0.4, 0.5) is 17.1 Å². The van der Waals surface area contributed by atoms with Gasteiger partial charge < -0.3 is 15.7 Å². The molecule has 0 unspecified atom stereocenters. The average Bonchev–Trinajstić information content (AvgIpc) is 2.46. The highest BCUT2D eigenvalue weighted by atomic mass is 16.6. The lowest BCUT2D eigenvalue weighted by molar-refractivity contribution is -0.383. The third-order valence-corrected chi connectivity index (χ3v) is 3.46. The lowest BCUT2D eigenvalue weighted by atomic mass is 10.0. The Hall–Kier alpha value is -2.15. The third kappa shape index (κ3) is 3.91. The average molecular weight is 293 g/mol. The number of rotatable bonds is 7. The number of amides is 1. The zero-order chi connectivity index (χ0) is 15.2. The number of nitro groups is 1. The summed E-state index contributed by atoms with van der Waals surface area (Å²) >= 11 is 0. The minimum absolute atomic E-state index is 0.0295. The van der Waals surface area contributed by atoms with Gasteiger partial charge in [-0.3, -0.25) is 14.9 Å². The van der Waals surface area contributed by atoms with E-state index in [2.05, 4.69) is 10.6 Å². The second-order valence-corrected chi connectivity index (χ2v) is 5.04. The van der Waals surface area contributed by atoms with E-state index >= 15 is 0 Å². The molecule has 1 heterocycles. The van der Waals surface area contributed by atoms with Crippen LogP contribution in [0.2, 0.25) is 0 Å². The number of carbonyl (C=O) groups excluding carboxylic acids is 1. The number of benzene rings is 1. The van der Waals surface area contributed by atoms with Crippen molar-refractivity contribution < 1.29 is 14.8 Å². The highest BCUT2D eigenvalue weighted by Crippen LogP contribution is 2.34. The molecule has 1 aromatic carbocycles. The van der Waals surface area contributed by atoms with Gasteiger partial charge in [-0.2, -0.15) is 0 Å². The molecule has 7 heteroatoms. The predicted molar refractivity (Wildman–Crippen MR) is 79.5 cm³/mol. The normalized spacial score (nSPS) is 13.5. The van der Waals surface area contributed by atoms with Crippen LogP contribution in [0.1, 0.15) is 31.2 Å². The second-order valence-electron chi connectivity index (χ2n) is 5.04. The Morgan fingerprint density at radius 1 is 1.29 bits per heavy atom. The number of unbranched alkanes of at least 4 members (excludes halogenated alkanes) is 2. The number of nitrogens with one attached hydrogen (secondary N) is 2. The fraction of sp³-hybridized carbons (Fsp3) is 0.500. The maximum absolute atomic E-state index is 11.3. The van der Waals surface area contributed by atoms with E-state index in [0.29, 0.717) is 30.8 Å². The van der Waals surface area contributed by atoms with Gasteiger partial charge in [0.2, 0.25) is 5.91 Å². The monoisotopic (exact) mass is 293 g/mol. The minimum Gasteiger partial charge on any atom is -0.396 e. The number of nitro benzene ring substituents is 1. The van der Waals surface area contributed by atoms with Crippen LogP contribution in [0.15, 0.2) is 12.1 Å². The van der Waals surface area contributed by atoms with E-state index in [1.807, 2.05) is 0 Å². The lowest BCUT2D eigenvalue weighted by Crippen LogP contribution is -2.19. The van der Waals surface area contributed by atoms with Crippen LogP contribution in [0.25, 0.3) is 0 Å². The first-order valence-electron chi connectivity index (χ1n) is 7.07. The number of hydrogen-bond donors (Lipinski definition) is 3. The zero-order valence-electron chi connectivity index (χ0n) is 11.7. The molecule has 114 valence electrons. The highest BCUT2D eigenvalue weighted by Gasteiger charge is 2.22. The van der Waals surface area contributed by atoms with Crippen molar-refractivity contribution in [3.05, 3.63) is 27.8 Å². The maximum atomic E-state index is 11.3. The molecule has 2 rings (SSSR count). The van der Waals surface area contributed by atoms with Crippen molar-refractivity contribution in [3.8, 4) is 0 Å². The van der Waals surface area contributed by atoms with Gasteiger partial charge in [-0.15, -0.1) is 0 Å². The molecule has 0 spiro atoms. The molecule has 0 radical (unpaired) electrons. The van der Waals surface area contributed by atoms with Crippen LogP contribution in [-0.2, 0) is 11.2 Å². The molecule has 0 bridgehead atoms. The Kier molecular flexibility index (Phi) is 5.10. The summed E-state index contributed by atoms with van der Waals surface area (Å²) in [6.07, 6.45) is 3.45. The SMILES string of the molecule is O=C1CCc2cc(NCCCCCO)c([N+](=O)[O-])cc2N1. The Morgan fingerprint density at radius 2 is 2.10 bits per heavy atom. The molecule has 0 atom stereocenters. The Labute approximate surface area is 122 Å². The van der Waals surface area contributed by atoms with Gasteiger partial charge in [0, 0.05) is 25.6 Å². The van der Waals surface area contributed by atoms with Crippen molar-refractivity contribution in [1.29, 1.82) is 0 Å². The summed E-state index contributed by atoms with van der Waals surface area (Å²) < 4.78 is 0. The molecule has 0 saturated carbocycles. The van der Waals surface area contributed by atoms with E-state index in [1.54, 1.807) is 6.07 Å². The van der Waals surface area contributed by atoms with E-state index in [9.17, 15) is 14.9 Å². The number of fused-ring (bicyclic) bond motifs is 1. The van der Waals surface area contributed by atoms with Gasteiger partial charge in [-0.25, -0.2) is 0 Å². The summed E-state index contributed by atoms with van der Waals surface area (Å²) in [4.78, 5) is 22.0. The molecular formula is C14H19N3O4. The summed E-state index contributed by atoms with van der Waals surface area (Å²) in [7, 11) is 0. The van der Waals surface area contributed by atoms with Crippen molar-refractivity contribution in [2.24, 2.45) is 0 Å². The first kappa shape index (κ1) is 15.2.